The molecular weight excluding hydrogens is 477 g/mol. The zero-order valence-electron chi connectivity index (χ0n) is 18.8. The zero-order valence-corrected chi connectivity index (χ0v) is 19.5. The number of hydrogen-bond donors (Lipinski definition) is 0. The molecule has 0 fully saturated rings. The van der Waals surface area contributed by atoms with Crippen LogP contribution in [0.15, 0.2) is 41.2 Å². The van der Waals surface area contributed by atoms with Gasteiger partial charge >= 0.3 is 12.5 Å². The lowest BCUT2D eigenvalue weighted by molar-refractivity contribution is -0.147. The maximum Gasteiger partial charge on any atom is 0.346 e. The van der Waals surface area contributed by atoms with Crippen LogP contribution in [0.1, 0.15) is 24.6 Å². The summed E-state index contributed by atoms with van der Waals surface area (Å²) in [6, 6.07) is 8.86. The molecule has 0 bridgehead atoms. The predicted octanol–water partition coefficient (Wildman–Crippen LogP) is 4.87. The molecule has 2 aromatic carbocycles. The fraction of sp³-hybridized carbons (Fsp3) is 0.304. The highest BCUT2D eigenvalue weighted by molar-refractivity contribution is 6.33. The van der Waals surface area contributed by atoms with E-state index in [1.807, 2.05) is 13.0 Å². The number of halogens is 4. The minimum atomic E-state index is -3.11. The normalized spacial score (nSPS) is 12.0. The molecule has 0 amide bonds. The number of hydrogen-bond acceptors (Lipinski definition) is 5. The van der Waals surface area contributed by atoms with Crippen molar-refractivity contribution in [2.45, 2.75) is 33.1 Å². The quantitative estimate of drug-likeness (QED) is 0.414. The number of aryl methyl sites for hydroxylation is 1. The van der Waals surface area contributed by atoms with E-state index >= 15 is 0 Å². The molecule has 34 heavy (non-hydrogen) atoms. The molecule has 3 aromatic rings. The van der Waals surface area contributed by atoms with Gasteiger partial charge in [-0.1, -0.05) is 23.7 Å². The van der Waals surface area contributed by atoms with Crippen molar-refractivity contribution in [2.24, 2.45) is 7.05 Å². The van der Waals surface area contributed by atoms with Crippen LogP contribution in [0.4, 0.5) is 13.2 Å². The van der Waals surface area contributed by atoms with Gasteiger partial charge in [0.2, 0.25) is 0 Å². The third kappa shape index (κ3) is 5.06. The molecule has 1 atom stereocenters. The van der Waals surface area contributed by atoms with Crippen molar-refractivity contribution < 1.29 is 32.2 Å². The Labute approximate surface area is 198 Å². The van der Waals surface area contributed by atoms with Crippen LogP contribution in [0.2, 0.25) is 5.02 Å². The summed E-state index contributed by atoms with van der Waals surface area (Å²) in [6.45, 7) is 0.251. The van der Waals surface area contributed by atoms with E-state index in [2.05, 4.69) is 4.74 Å². The molecule has 0 aliphatic heterocycles. The average Bonchev–Trinajstić information content (AvgIpc) is 3.02. The van der Waals surface area contributed by atoms with Crippen LogP contribution >= 0.6 is 11.6 Å². The molecule has 0 saturated carbocycles. The second kappa shape index (κ2) is 10.3. The number of esters is 1. The number of nitrogens with zero attached hydrogens (tertiary/aromatic N) is 2. The highest BCUT2D eigenvalue weighted by Gasteiger charge is 2.25. The lowest BCUT2D eigenvalue weighted by atomic mass is 10.1. The number of aromatic nitrogens is 2. The molecule has 0 aliphatic carbocycles. The van der Waals surface area contributed by atoms with E-state index in [0.29, 0.717) is 20.7 Å². The minimum Gasteiger partial charge on any atom is -0.489 e. The highest BCUT2D eigenvalue weighted by Crippen LogP contribution is 2.33. The van der Waals surface area contributed by atoms with Crippen LogP contribution in [0.25, 0.3) is 11.3 Å². The molecule has 0 N–H and O–H groups in total. The Bertz CT molecular complexity index is 1270. The van der Waals surface area contributed by atoms with Crippen molar-refractivity contribution >= 4 is 17.6 Å². The van der Waals surface area contributed by atoms with Gasteiger partial charge in [0.25, 0.3) is 5.56 Å². The molecular formula is C23H22ClF3N2O5. The minimum absolute atomic E-state index is 0.0316. The number of rotatable bonds is 8. The Morgan fingerprint density at radius 2 is 1.88 bits per heavy atom. The van der Waals surface area contributed by atoms with Gasteiger partial charge in [0.1, 0.15) is 28.9 Å². The van der Waals surface area contributed by atoms with Gasteiger partial charge in [0.15, 0.2) is 6.10 Å². The van der Waals surface area contributed by atoms with Crippen LogP contribution in [-0.2, 0) is 23.2 Å². The molecule has 1 aromatic heterocycles. The van der Waals surface area contributed by atoms with E-state index in [1.165, 1.54) is 19.2 Å². The molecule has 3 rings (SSSR count). The molecule has 11 heteroatoms. The van der Waals surface area contributed by atoms with Gasteiger partial charge in [0, 0.05) is 24.2 Å². The third-order valence-electron chi connectivity index (χ3n) is 5.08. The summed E-state index contributed by atoms with van der Waals surface area (Å²) in [5, 5.41) is -0.517. The molecule has 7 nitrogen and oxygen atoms in total. The number of carbonyl (C=O) groups is 1. The Kier molecular flexibility index (Phi) is 7.61. The van der Waals surface area contributed by atoms with Gasteiger partial charge in [-0.05, 0) is 37.6 Å². The maximum absolute atomic E-state index is 14.9. The van der Waals surface area contributed by atoms with Crippen molar-refractivity contribution in [1.82, 2.24) is 9.36 Å². The first-order chi connectivity index (χ1) is 16.0. The summed E-state index contributed by atoms with van der Waals surface area (Å²) < 4.78 is 58.8. The van der Waals surface area contributed by atoms with E-state index in [4.69, 9.17) is 21.1 Å². The van der Waals surface area contributed by atoms with E-state index in [9.17, 15) is 22.8 Å². The van der Waals surface area contributed by atoms with Crippen LogP contribution in [0, 0.1) is 12.7 Å². The fourth-order valence-electron chi connectivity index (χ4n) is 3.30. The van der Waals surface area contributed by atoms with Crippen LogP contribution in [-0.4, -0.2) is 28.5 Å². The summed E-state index contributed by atoms with van der Waals surface area (Å²) in [5.41, 5.74) is -0.106. The van der Waals surface area contributed by atoms with E-state index < -0.39 is 40.7 Å². The van der Waals surface area contributed by atoms with Gasteiger partial charge in [-0.2, -0.15) is 8.78 Å². The van der Waals surface area contributed by atoms with Crippen LogP contribution in [0.5, 0.6) is 11.5 Å². The summed E-state index contributed by atoms with van der Waals surface area (Å²) >= 11 is 5.92. The van der Waals surface area contributed by atoms with Crippen LogP contribution < -0.4 is 15.0 Å². The Hall–Kier alpha value is -3.40. The summed E-state index contributed by atoms with van der Waals surface area (Å²) in [7, 11) is 2.37. The predicted molar refractivity (Wildman–Crippen MR) is 119 cm³/mol. The summed E-state index contributed by atoms with van der Waals surface area (Å²) in [6.07, 6.45) is -0.856. The van der Waals surface area contributed by atoms with Gasteiger partial charge in [-0.3, -0.25) is 4.79 Å². The standard InChI is InChI=1S/C23H22ClF3N2O5/c1-12-5-6-14(18(9-12)34-13(2)22(31)32-4)11-33-15-7-8-16(17(25)10-15)20-19(24)21(30)28(3)29(20)23(26)27/h5-10,13,23H,11H2,1-4H3. The first-order valence-corrected chi connectivity index (χ1v) is 10.4. The topological polar surface area (TPSA) is 71.7 Å². The van der Waals surface area contributed by atoms with Crippen molar-refractivity contribution in [3.05, 3.63) is 68.7 Å². The number of alkyl halides is 2. The lowest BCUT2D eigenvalue weighted by Gasteiger charge is -2.17. The SMILES string of the molecule is COC(=O)C(C)Oc1cc(C)ccc1COc1ccc(-c2c(Cl)c(=O)n(C)n2C(F)F)c(F)c1. The fourth-order valence-corrected chi connectivity index (χ4v) is 3.61. The average molecular weight is 499 g/mol. The smallest absolute Gasteiger partial charge is 0.346 e. The molecule has 0 saturated heterocycles. The maximum atomic E-state index is 14.9. The molecule has 0 aliphatic rings. The first-order valence-electron chi connectivity index (χ1n) is 10.1. The monoisotopic (exact) mass is 498 g/mol. The summed E-state index contributed by atoms with van der Waals surface area (Å²) in [4.78, 5) is 23.7. The second-order valence-electron chi connectivity index (χ2n) is 7.44. The Morgan fingerprint density at radius 1 is 1.18 bits per heavy atom. The van der Waals surface area contributed by atoms with Gasteiger partial charge in [0.05, 0.1) is 12.8 Å². The van der Waals surface area contributed by atoms with Crippen LogP contribution in [0.3, 0.4) is 0 Å². The lowest BCUT2D eigenvalue weighted by Crippen LogP contribution is -2.25. The molecule has 1 unspecified atom stereocenters. The number of methoxy groups -OCH3 is 1. The largest absolute Gasteiger partial charge is 0.489 e. The first kappa shape index (κ1) is 25.2. The van der Waals surface area contributed by atoms with E-state index in [0.717, 1.165) is 18.7 Å². The number of ether oxygens (including phenoxy) is 3. The molecule has 1 heterocycles. The summed E-state index contributed by atoms with van der Waals surface area (Å²) in [5.74, 6) is -0.953. The number of benzene rings is 2. The Balaban J connectivity index is 1.86. The van der Waals surface area contributed by atoms with Crippen molar-refractivity contribution in [3.8, 4) is 22.8 Å². The Morgan fingerprint density at radius 3 is 2.50 bits per heavy atom. The second-order valence-corrected chi connectivity index (χ2v) is 7.82. The molecule has 0 radical (unpaired) electrons. The van der Waals surface area contributed by atoms with Crippen molar-refractivity contribution in [3.63, 3.8) is 0 Å². The zero-order chi connectivity index (χ0) is 25.2. The van der Waals surface area contributed by atoms with Gasteiger partial charge in [-0.15, -0.1) is 0 Å². The third-order valence-corrected chi connectivity index (χ3v) is 5.42. The van der Waals surface area contributed by atoms with E-state index in [1.54, 1.807) is 19.1 Å². The highest BCUT2D eigenvalue weighted by atomic mass is 35.5. The van der Waals surface area contributed by atoms with Gasteiger partial charge in [-0.25, -0.2) is 18.5 Å². The van der Waals surface area contributed by atoms with Crippen molar-refractivity contribution in [2.75, 3.05) is 7.11 Å². The van der Waals surface area contributed by atoms with Gasteiger partial charge < -0.3 is 14.2 Å². The molecule has 182 valence electrons. The number of carbonyl (C=O) groups excluding carboxylic acids is 1. The van der Waals surface area contributed by atoms with Crippen molar-refractivity contribution in [1.29, 1.82) is 0 Å². The molecule has 0 spiro atoms. The van der Waals surface area contributed by atoms with E-state index in [-0.39, 0.29) is 17.9 Å².